The van der Waals surface area contributed by atoms with Gasteiger partial charge in [0, 0.05) is 17.7 Å². The summed E-state index contributed by atoms with van der Waals surface area (Å²) in [5.41, 5.74) is 4.85. The first kappa shape index (κ1) is 20.4. The molecule has 0 aliphatic carbocycles. The minimum absolute atomic E-state index is 0.0783. The maximum atomic E-state index is 13.1. The number of imidazole rings is 1. The van der Waals surface area contributed by atoms with E-state index in [9.17, 15) is 10.1 Å². The third-order valence-electron chi connectivity index (χ3n) is 5.61. The molecule has 3 aromatic carbocycles. The van der Waals surface area contributed by atoms with Gasteiger partial charge in [0.05, 0.1) is 34.8 Å². The molecular formula is C24H16Cl2N4O2. The second-order valence-electron chi connectivity index (χ2n) is 7.45. The maximum Gasteiger partial charge on any atom is 0.254 e. The highest BCUT2D eigenvalue weighted by Gasteiger charge is 2.30. The van der Waals surface area contributed by atoms with E-state index in [-0.39, 0.29) is 12.5 Å². The molecule has 2 heterocycles. The fraction of sp³-hybridized carbons (Fsp3) is 0.125. The molecule has 4 aromatic rings. The number of benzene rings is 3. The lowest BCUT2D eigenvalue weighted by Crippen LogP contribution is -2.23. The molecule has 5 rings (SSSR count). The number of hydrogen-bond donors (Lipinski definition) is 1. The van der Waals surface area contributed by atoms with Gasteiger partial charge < -0.3 is 14.6 Å². The molecule has 32 heavy (non-hydrogen) atoms. The minimum Gasteiger partial charge on any atom is -0.497 e. The summed E-state index contributed by atoms with van der Waals surface area (Å²) in [7, 11) is 1.59. The van der Waals surface area contributed by atoms with Crippen LogP contribution in [0.5, 0.6) is 5.75 Å². The molecule has 0 radical (unpaired) electrons. The lowest BCUT2D eigenvalue weighted by Gasteiger charge is -2.14. The van der Waals surface area contributed by atoms with Gasteiger partial charge in [-0.2, -0.15) is 5.26 Å². The molecule has 0 saturated heterocycles. The summed E-state index contributed by atoms with van der Waals surface area (Å²) in [5.74, 6) is 1.18. The molecule has 0 unspecified atom stereocenters. The normalized spacial score (nSPS) is 12.8. The zero-order valence-electron chi connectivity index (χ0n) is 16.9. The van der Waals surface area contributed by atoms with Gasteiger partial charge in [0.1, 0.15) is 23.2 Å². The van der Waals surface area contributed by atoms with Crippen molar-refractivity contribution in [2.45, 2.75) is 13.1 Å². The quantitative estimate of drug-likeness (QED) is 0.429. The Balaban J connectivity index is 1.49. The predicted molar refractivity (Wildman–Crippen MR) is 123 cm³/mol. The van der Waals surface area contributed by atoms with Crippen LogP contribution >= 0.6 is 23.2 Å². The van der Waals surface area contributed by atoms with Gasteiger partial charge in [-0.1, -0.05) is 35.3 Å². The first-order valence-corrected chi connectivity index (χ1v) is 10.6. The molecule has 1 N–H and O–H groups in total. The molecule has 1 aromatic heterocycles. The highest BCUT2D eigenvalue weighted by molar-refractivity contribution is 6.33. The number of hydrogen-bond acceptors (Lipinski definition) is 4. The molecule has 0 bridgehead atoms. The van der Waals surface area contributed by atoms with Crippen LogP contribution in [0.1, 0.15) is 27.3 Å². The van der Waals surface area contributed by atoms with Crippen molar-refractivity contribution < 1.29 is 9.53 Å². The standard InChI is InChI=1S/C24H16Cl2N4O2/c1-32-13-5-6-15(20(26)9-13)14-3-2-4-16-18(14)11-30(24(16)31)12-22-28-21-8-7-19(25)17(10-27)23(21)29-22/h2-9H,11-12H2,1H3,(H,28,29). The van der Waals surface area contributed by atoms with E-state index >= 15 is 0 Å². The van der Waals surface area contributed by atoms with Crippen molar-refractivity contribution in [2.75, 3.05) is 7.11 Å². The minimum atomic E-state index is -0.0783. The van der Waals surface area contributed by atoms with Crippen LogP contribution in [-0.4, -0.2) is 27.9 Å². The number of halogens is 2. The average molecular weight is 463 g/mol. The van der Waals surface area contributed by atoms with Crippen LogP contribution in [0.3, 0.4) is 0 Å². The van der Waals surface area contributed by atoms with Crippen LogP contribution in [0.4, 0.5) is 0 Å². The van der Waals surface area contributed by atoms with E-state index in [1.165, 1.54) is 0 Å². The molecule has 1 aliphatic rings. The third kappa shape index (κ3) is 3.27. The van der Waals surface area contributed by atoms with Gasteiger partial charge in [0.15, 0.2) is 0 Å². The number of H-pyrrole nitrogens is 1. The van der Waals surface area contributed by atoms with E-state index in [2.05, 4.69) is 16.0 Å². The summed E-state index contributed by atoms with van der Waals surface area (Å²) in [4.78, 5) is 22.6. The maximum absolute atomic E-state index is 13.1. The lowest BCUT2D eigenvalue weighted by atomic mass is 9.97. The number of carbonyl (C=O) groups is 1. The largest absolute Gasteiger partial charge is 0.497 e. The van der Waals surface area contributed by atoms with Crippen molar-refractivity contribution >= 4 is 40.1 Å². The number of nitrogens with zero attached hydrogens (tertiary/aromatic N) is 3. The molecule has 0 saturated carbocycles. The van der Waals surface area contributed by atoms with Crippen molar-refractivity contribution in [1.29, 1.82) is 5.26 Å². The number of methoxy groups -OCH3 is 1. The highest BCUT2D eigenvalue weighted by atomic mass is 35.5. The predicted octanol–water partition coefficient (Wildman–Crippen LogP) is 5.57. The number of amides is 1. The van der Waals surface area contributed by atoms with Gasteiger partial charge in [0.2, 0.25) is 0 Å². The van der Waals surface area contributed by atoms with E-state index in [0.717, 1.165) is 16.7 Å². The van der Waals surface area contributed by atoms with Crippen molar-refractivity contribution in [3.05, 3.63) is 81.1 Å². The number of fused-ring (bicyclic) bond motifs is 2. The molecule has 0 spiro atoms. The Bertz CT molecular complexity index is 1440. The van der Waals surface area contributed by atoms with Gasteiger partial charge in [-0.15, -0.1) is 0 Å². The van der Waals surface area contributed by atoms with Gasteiger partial charge in [0.25, 0.3) is 5.91 Å². The van der Waals surface area contributed by atoms with Crippen LogP contribution in [0.2, 0.25) is 10.0 Å². The Kier molecular flexibility index (Phi) is 5.01. The molecule has 1 aliphatic heterocycles. The Labute approximate surface area is 194 Å². The molecule has 0 atom stereocenters. The van der Waals surface area contributed by atoms with Gasteiger partial charge >= 0.3 is 0 Å². The number of ether oxygens (including phenoxy) is 1. The summed E-state index contributed by atoms with van der Waals surface area (Å²) >= 11 is 12.6. The summed E-state index contributed by atoms with van der Waals surface area (Å²) in [5, 5.41) is 10.3. The molecule has 8 heteroatoms. The number of aromatic amines is 1. The van der Waals surface area contributed by atoms with Gasteiger partial charge in [-0.05, 0) is 47.5 Å². The van der Waals surface area contributed by atoms with Gasteiger partial charge in [-0.3, -0.25) is 4.79 Å². The van der Waals surface area contributed by atoms with Crippen molar-refractivity contribution in [2.24, 2.45) is 0 Å². The zero-order chi connectivity index (χ0) is 22.4. The van der Waals surface area contributed by atoms with Gasteiger partial charge in [-0.25, -0.2) is 4.98 Å². The van der Waals surface area contributed by atoms with E-state index in [0.29, 0.717) is 50.3 Å². The average Bonchev–Trinajstić information content (AvgIpc) is 3.34. The van der Waals surface area contributed by atoms with Crippen LogP contribution in [0, 0.1) is 11.3 Å². The second-order valence-corrected chi connectivity index (χ2v) is 8.27. The molecule has 0 fully saturated rings. The molecule has 6 nitrogen and oxygen atoms in total. The van der Waals surface area contributed by atoms with Crippen LogP contribution < -0.4 is 4.74 Å². The van der Waals surface area contributed by atoms with Crippen LogP contribution in [0.25, 0.3) is 22.2 Å². The van der Waals surface area contributed by atoms with Crippen molar-refractivity contribution in [3.8, 4) is 22.9 Å². The Morgan fingerprint density at radius 3 is 2.69 bits per heavy atom. The van der Waals surface area contributed by atoms with E-state index in [1.54, 1.807) is 30.2 Å². The second kappa shape index (κ2) is 7.86. The van der Waals surface area contributed by atoms with Crippen molar-refractivity contribution in [3.63, 3.8) is 0 Å². The summed E-state index contributed by atoms with van der Waals surface area (Å²) in [6.45, 7) is 0.704. The summed E-state index contributed by atoms with van der Waals surface area (Å²) in [6, 6.07) is 16.7. The fourth-order valence-electron chi connectivity index (χ4n) is 4.08. The van der Waals surface area contributed by atoms with Crippen molar-refractivity contribution in [1.82, 2.24) is 14.9 Å². The highest BCUT2D eigenvalue weighted by Crippen LogP contribution is 2.38. The van der Waals surface area contributed by atoms with Crippen LogP contribution in [-0.2, 0) is 13.1 Å². The number of rotatable bonds is 4. The molecule has 1 amide bonds. The Hall–Kier alpha value is -3.53. The summed E-state index contributed by atoms with van der Waals surface area (Å²) < 4.78 is 5.24. The zero-order valence-corrected chi connectivity index (χ0v) is 18.5. The molecule has 158 valence electrons. The smallest absolute Gasteiger partial charge is 0.254 e. The monoisotopic (exact) mass is 462 g/mol. The third-order valence-corrected chi connectivity index (χ3v) is 6.24. The number of aromatic nitrogens is 2. The Morgan fingerprint density at radius 1 is 1.12 bits per heavy atom. The topological polar surface area (TPSA) is 82.0 Å². The van der Waals surface area contributed by atoms with E-state index in [1.807, 2.05) is 30.3 Å². The lowest BCUT2D eigenvalue weighted by molar-refractivity contribution is 0.0763. The SMILES string of the molecule is COc1ccc(-c2cccc3c2CN(Cc2nc4c(C#N)c(Cl)ccc4[nH]2)C3=O)c(Cl)c1. The van der Waals surface area contributed by atoms with E-state index in [4.69, 9.17) is 27.9 Å². The summed E-state index contributed by atoms with van der Waals surface area (Å²) in [6.07, 6.45) is 0. The number of nitrogens with one attached hydrogen (secondary N) is 1. The Morgan fingerprint density at radius 2 is 1.94 bits per heavy atom. The van der Waals surface area contributed by atoms with Crippen LogP contribution in [0.15, 0.2) is 48.5 Å². The number of nitriles is 1. The first-order valence-electron chi connectivity index (χ1n) is 9.82. The first-order chi connectivity index (χ1) is 15.5. The van der Waals surface area contributed by atoms with E-state index < -0.39 is 0 Å². The fourth-order valence-corrected chi connectivity index (χ4v) is 4.54. The molecular weight excluding hydrogens is 447 g/mol. The number of carbonyl (C=O) groups excluding carboxylic acids is 1.